The van der Waals surface area contributed by atoms with Crippen molar-refractivity contribution < 1.29 is 4.79 Å². The van der Waals surface area contributed by atoms with E-state index in [1.165, 1.54) is 4.68 Å². The van der Waals surface area contributed by atoms with Crippen molar-refractivity contribution in [3.8, 4) is 0 Å². The molecule has 114 valence electrons. The van der Waals surface area contributed by atoms with Gasteiger partial charge in [-0.2, -0.15) is 5.10 Å². The summed E-state index contributed by atoms with van der Waals surface area (Å²) in [5.41, 5.74) is 0.494. The van der Waals surface area contributed by atoms with Crippen molar-refractivity contribution >= 4 is 16.7 Å². The lowest BCUT2D eigenvalue weighted by Gasteiger charge is -2.59. The highest BCUT2D eigenvalue weighted by Gasteiger charge is 2.52. The van der Waals surface area contributed by atoms with E-state index in [0.717, 1.165) is 26.2 Å². The number of aryl methyl sites for hydroxylation is 1. The highest BCUT2D eigenvalue weighted by atomic mass is 16.2. The van der Waals surface area contributed by atoms with Gasteiger partial charge in [0.1, 0.15) is 0 Å². The van der Waals surface area contributed by atoms with Crippen LogP contribution >= 0.6 is 0 Å². The van der Waals surface area contributed by atoms with Gasteiger partial charge in [-0.1, -0.05) is 18.2 Å². The first-order valence-electron chi connectivity index (χ1n) is 7.43. The largest absolute Gasteiger partial charge is 0.336 e. The molecule has 0 atom stereocenters. The summed E-state index contributed by atoms with van der Waals surface area (Å²) in [6.45, 7) is 3.68. The zero-order chi connectivity index (χ0) is 15.5. The van der Waals surface area contributed by atoms with E-state index in [1.54, 1.807) is 25.2 Å². The highest BCUT2D eigenvalue weighted by Crippen LogP contribution is 2.39. The average Bonchev–Trinajstić information content (AvgIpc) is 2.44. The third-order valence-corrected chi connectivity index (χ3v) is 4.71. The van der Waals surface area contributed by atoms with E-state index >= 15 is 0 Å². The van der Waals surface area contributed by atoms with Crippen molar-refractivity contribution in [1.82, 2.24) is 19.6 Å². The average molecular weight is 298 g/mol. The third-order valence-electron chi connectivity index (χ3n) is 4.71. The fourth-order valence-corrected chi connectivity index (χ4v) is 3.81. The van der Waals surface area contributed by atoms with E-state index in [4.69, 9.17) is 0 Å². The highest BCUT2D eigenvalue weighted by molar-refractivity contribution is 6.05. The number of hydrogen-bond acceptors (Lipinski definition) is 4. The third kappa shape index (κ3) is 1.80. The number of fused-ring (bicyclic) bond motifs is 1. The minimum absolute atomic E-state index is 0.0769. The number of rotatable bonds is 1. The minimum Gasteiger partial charge on any atom is -0.336 e. The maximum atomic E-state index is 12.7. The number of likely N-dealkylation sites (tertiary alicyclic amines) is 2. The number of carbonyl (C=O) groups is 1. The van der Waals surface area contributed by atoms with Gasteiger partial charge in [0.25, 0.3) is 11.5 Å². The summed E-state index contributed by atoms with van der Waals surface area (Å²) in [7, 11) is 3.68. The monoisotopic (exact) mass is 298 g/mol. The molecule has 0 bridgehead atoms. The van der Waals surface area contributed by atoms with Crippen molar-refractivity contribution in [3.63, 3.8) is 0 Å². The van der Waals surface area contributed by atoms with Gasteiger partial charge in [-0.05, 0) is 13.1 Å². The fraction of sp³-hybridized carbons (Fsp3) is 0.438. The molecule has 0 aliphatic carbocycles. The van der Waals surface area contributed by atoms with Crippen LogP contribution in [0, 0.1) is 5.41 Å². The van der Waals surface area contributed by atoms with Crippen LogP contribution in [0.5, 0.6) is 0 Å². The molecule has 6 heteroatoms. The predicted octanol–water partition coefficient (Wildman–Crippen LogP) is 0.321. The molecule has 1 aromatic heterocycles. The Bertz CT molecular complexity index is 828. The molecular weight excluding hydrogens is 280 g/mol. The van der Waals surface area contributed by atoms with Crippen LogP contribution in [0.2, 0.25) is 0 Å². The quantitative estimate of drug-likeness (QED) is 0.761. The van der Waals surface area contributed by atoms with Crippen LogP contribution in [-0.4, -0.2) is 58.7 Å². The summed E-state index contributed by atoms with van der Waals surface area (Å²) in [4.78, 5) is 29.0. The molecule has 3 heterocycles. The van der Waals surface area contributed by atoms with Crippen LogP contribution in [0.25, 0.3) is 10.8 Å². The van der Waals surface area contributed by atoms with Crippen LogP contribution in [0.1, 0.15) is 10.5 Å². The Morgan fingerprint density at radius 1 is 1.09 bits per heavy atom. The lowest BCUT2D eigenvalue weighted by molar-refractivity contribution is -0.0873. The zero-order valence-corrected chi connectivity index (χ0v) is 12.7. The first kappa shape index (κ1) is 13.5. The molecule has 4 rings (SSSR count). The SMILES string of the molecule is CN1CC2(C1)CN(C(=O)c1nn(C)c(=O)c3ccccc13)C2. The summed E-state index contributed by atoms with van der Waals surface area (Å²) in [5.74, 6) is -0.0769. The number of hydrogen-bond donors (Lipinski definition) is 0. The molecule has 0 radical (unpaired) electrons. The predicted molar refractivity (Wildman–Crippen MR) is 82.8 cm³/mol. The topological polar surface area (TPSA) is 58.4 Å². The maximum Gasteiger partial charge on any atom is 0.274 e. The van der Waals surface area contributed by atoms with Gasteiger partial charge in [-0.15, -0.1) is 0 Å². The summed E-state index contributed by atoms with van der Waals surface area (Å²) in [6.07, 6.45) is 0. The molecule has 1 aromatic carbocycles. The van der Waals surface area contributed by atoms with Crippen molar-refractivity contribution in [3.05, 3.63) is 40.3 Å². The van der Waals surface area contributed by atoms with E-state index in [9.17, 15) is 9.59 Å². The molecule has 6 nitrogen and oxygen atoms in total. The van der Waals surface area contributed by atoms with Crippen molar-refractivity contribution in [2.24, 2.45) is 12.5 Å². The number of carbonyl (C=O) groups excluding carboxylic acids is 1. The van der Waals surface area contributed by atoms with Crippen molar-refractivity contribution in [1.29, 1.82) is 0 Å². The summed E-state index contributed by atoms with van der Waals surface area (Å²) >= 11 is 0. The van der Waals surface area contributed by atoms with E-state index in [2.05, 4.69) is 17.0 Å². The van der Waals surface area contributed by atoms with Crippen molar-refractivity contribution in [2.75, 3.05) is 33.2 Å². The number of nitrogens with zero attached hydrogens (tertiary/aromatic N) is 4. The van der Waals surface area contributed by atoms with E-state index in [-0.39, 0.29) is 11.5 Å². The maximum absolute atomic E-state index is 12.7. The molecule has 0 saturated carbocycles. The van der Waals surface area contributed by atoms with Crippen LogP contribution in [0.4, 0.5) is 0 Å². The lowest BCUT2D eigenvalue weighted by Crippen LogP contribution is -2.72. The molecule has 2 aliphatic heterocycles. The number of aromatic nitrogens is 2. The first-order chi connectivity index (χ1) is 10.5. The summed E-state index contributed by atoms with van der Waals surface area (Å²) in [6, 6.07) is 7.18. The van der Waals surface area contributed by atoms with Crippen LogP contribution in [0.3, 0.4) is 0 Å². The van der Waals surface area contributed by atoms with Crippen LogP contribution in [-0.2, 0) is 7.05 Å². The van der Waals surface area contributed by atoms with Gasteiger partial charge in [-0.3, -0.25) is 9.59 Å². The molecular formula is C16H18N4O2. The zero-order valence-electron chi connectivity index (χ0n) is 12.7. The molecule has 22 heavy (non-hydrogen) atoms. The molecule has 2 fully saturated rings. The molecule has 1 spiro atoms. The Balaban J connectivity index is 1.68. The van der Waals surface area contributed by atoms with Gasteiger partial charge in [0, 0.05) is 44.0 Å². The van der Waals surface area contributed by atoms with E-state index < -0.39 is 0 Å². The molecule has 2 aliphatic rings. The normalized spacial score (nSPS) is 20.0. The minimum atomic E-state index is -0.173. The Labute approximate surface area is 127 Å². The van der Waals surface area contributed by atoms with Gasteiger partial charge in [0.05, 0.1) is 5.39 Å². The van der Waals surface area contributed by atoms with Crippen LogP contribution in [0.15, 0.2) is 29.1 Å². The standard InChI is InChI=1S/C16H18N4O2/c1-18-7-16(8-18)9-20(10-16)15(22)13-11-5-3-4-6-12(11)14(21)19(2)17-13/h3-6H,7-10H2,1-2H3. The lowest BCUT2D eigenvalue weighted by atomic mass is 9.73. The second kappa shape index (κ2) is 4.39. The Morgan fingerprint density at radius 3 is 2.36 bits per heavy atom. The van der Waals surface area contributed by atoms with Gasteiger partial charge in [0.2, 0.25) is 0 Å². The molecule has 1 amide bonds. The fourth-order valence-electron chi connectivity index (χ4n) is 3.81. The van der Waals surface area contributed by atoms with Gasteiger partial charge >= 0.3 is 0 Å². The molecule has 2 saturated heterocycles. The summed E-state index contributed by atoms with van der Waals surface area (Å²) in [5, 5.41) is 5.40. The van der Waals surface area contributed by atoms with Gasteiger partial charge < -0.3 is 9.80 Å². The molecule has 0 N–H and O–H groups in total. The first-order valence-corrected chi connectivity index (χ1v) is 7.43. The van der Waals surface area contributed by atoms with Gasteiger partial charge in [0.15, 0.2) is 5.69 Å². The van der Waals surface area contributed by atoms with E-state index in [1.807, 2.05) is 11.0 Å². The Morgan fingerprint density at radius 2 is 1.73 bits per heavy atom. The number of amides is 1. The second-order valence-electron chi connectivity index (χ2n) is 6.66. The Kier molecular flexibility index (Phi) is 2.69. The van der Waals surface area contributed by atoms with Crippen molar-refractivity contribution in [2.45, 2.75) is 0 Å². The van der Waals surface area contributed by atoms with Crippen LogP contribution < -0.4 is 5.56 Å². The van der Waals surface area contributed by atoms with Gasteiger partial charge in [-0.25, -0.2) is 4.68 Å². The number of benzene rings is 1. The smallest absolute Gasteiger partial charge is 0.274 e. The molecule has 0 unspecified atom stereocenters. The second-order valence-corrected chi connectivity index (χ2v) is 6.66. The van der Waals surface area contributed by atoms with E-state index in [0.29, 0.717) is 21.9 Å². The summed E-state index contributed by atoms with van der Waals surface area (Å²) < 4.78 is 1.25. The molecule has 2 aromatic rings. The Hall–Kier alpha value is -2.21.